The highest BCUT2D eigenvalue weighted by atomic mass is 32.2. The van der Waals surface area contributed by atoms with E-state index < -0.39 is 73.9 Å². The van der Waals surface area contributed by atoms with Crippen molar-refractivity contribution >= 4 is 44.7 Å². The molecule has 15 nitrogen and oxygen atoms in total. The maximum Gasteiger partial charge on any atom is 0.272 e. The fourth-order valence-electron chi connectivity index (χ4n) is 7.10. The summed E-state index contributed by atoms with van der Waals surface area (Å²) in [6.07, 6.45) is 6.98. The van der Waals surface area contributed by atoms with Crippen LogP contribution >= 0.6 is 0 Å². The molecular formula is C36H43FN8O7S. The molecule has 0 spiro atoms. The highest BCUT2D eigenvalue weighted by molar-refractivity contribution is 7.91. The van der Waals surface area contributed by atoms with Crippen LogP contribution in [0.15, 0.2) is 36.4 Å². The normalized spacial score (nSPS) is 27.7. The van der Waals surface area contributed by atoms with E-state index in [0.717, 1.165) is 12.8 Å². The van der Waals surface area contributed by atoms with Gasteiger partial charge in [0.15, 0.2) is 5.82 Å². The summed E-state index contributed by atoms with van der Waals surface area (Å²) in [6.45, 7) is 4.87. The SMILES string of the molecule is Cc1cc(C(=O)N[C@H]2CCCCC/C=C\[C@@H]3C[C@@]3(C(=O)NS(=O)(=O)C3(C)CC3)NC(=O)[C@@H]3C[C@@H](Oc4nc5c(F)cccc5nc4C)CN3C2=O)n[nH]1. The third-order valence-electron chi connectivity index (χ3n) is 10.8. The van der Waals surface area contributed by atoms with Crippen molar-refractivity contribution in [3.05, 3.63) is 59.3 Å². The van der Waals surface area contributed by atoms with E-state index in [1.165, 1.54) is 17.0 Å². The molecule has 3 aromatic rings. The molecule has 0 unspecified atom stereocenters. The Morgan fingerprint density at radius 2 is 1.91 bits per heavy atom. The number of allylic oxidation sites excluding steroid dienone is 1. The minimum atomic E-state index is -4.01. The van der Waals surface area contributed by atoms with Crippen LogP contribution in [-0.2, 0) is 24.4 Å². The van der Waals surface area contributed by atoms with Gasteiger partial charge >= 0.3 is 0 Å². The van der Waals surface area contributed by atoms with Gasteiger partial charge in [0, 0.05) is 18.0 Å². The number of sulfonamides is 1. The van der Waals surface area contributed by atoms with Crippen molar-refractivity contribution < 1.29 is 36.7 Å². The number of hydrogen-bond acceptors (Lipinski definition) is 10. The van der Waals surface area contributed by atoms with Crippen LogP contribution in [0.2, 0.25) is 0 Å². The van der Waals surface area contributed by atoms with Crippen LogP contribution in [0.5, 0.6) is 5.88 Å². The number of para-hydroxylation sites is 1. The number of benzene rings is 1. The minimum absolute atomic E-state index is 0.00179. The highest BCUT2D eigenvalue weighted by Crippen LogP contribution is 2.47. The lowest BCUT2D eigenvalue weighted by Gasteiger charge is -2.30. The molecule has 1 aromatic carbocycles. The summed E-state index contributed by atoms with van der Waals surface area (Å²) in [4.78, 5) is 66.0. The molecule has 4 heterocycles. The number of aryl methyl sites for hydroxylation is 2. The molecule has 7 rings (SSSR count). The van der Waals surface area contributed by atoms with E-state index in [-0.39, 0.29) is 42.9 Å². The van der Waals surface area contributed by atoms with Crippen molar-refractivity contribution in [3.63, 3.8) is 0 Å². The molecule has 2 aromatic heterocycles. The molecule has 17 heteroatoms. The molecule has 0 radical (unpaired) electrons. The predicted molar refractivity (Wildman–Crippen MR) is 189 cm³/mol. The Kier molecular flexibility index (Phi) is 9.49. The molecule has 2 saturated carbocycles. The van der Waals surface area contributed by atoms with Crippen molar-refractivity contribution in [1.29, 1.82) is 0 Å². The number of amides is 4. The number of carbonyl (C=O) groups is 4. The lowest BCUT2D eigenvalue weighted by atomic mass is 10.0. The molecule has 2 aliphatic heterocycles. The first-order valence-corrected chi connectivity index (χ1v) is 19.5. The second-order valence-electron chi connectivity index (χ2n) is 14.9. The number of nitrogens with one attached hydrogen (secondary N) is 4. The van der Waals surface area contributed by atoms with Gasteiger partial charge < -0.3 is 20.3 Å². The summed E-state index contributed by atoms with van der Waals surface area (Å²) in [5, 5.41) is 12.4. The summed E-state index contributed by atoms with van der Waals surface area (Å²) in [5.74, 6) is -3.63. The van der Waals surface area contributed by atoms with Gasteiger partial charge in [-0.15, -0.1) is 0 Å². The number of aromatic nitrogens is 4. The van der Waals surface area contributed by atoms with Crippen LogP contribution in [0.1, 0.15) is 86.6 Å². The van der Waals surface area contributed by atoms with Gasteiger partial charge in [0.05, 0.1) is 16.8 Å². The van der Waals surface area contributed by atoms with Crippen molar-refractivity contribution in [1.82, 2.24) is 40.4 Å². The molecule has 4 amide bonds. The van der Waals surface area contributed by atoms with E-state index in [2.05, 4.69) is 35.5 Å². The number of fused-ring (bicyclic) bond motifs is 3. The molecular weight excluding hydrogens is 708 g/mol. The summed E-state index contributed by atoms with van der Waals surface area (Å²) >= 11 is 0. The molecule has 5 atom stereocenters. The van der Waals surface area contributed by atoms with Crippen LogP contribution in [0.4, 0.5) is 4.39 Å². The third kappa shape index (κ3) is 7.22. The molecule has 0 bridgehead atoms. The quantitative estimate of drug-likeness (QED) is 0.260. The maximum atomic E-state index is 14.7. The van der Waals surface area contributed by atoms with Gasteiger partial charge in [0.1, 0.15) is 40.6 Å². The summed E-state index contributed by atoms with van der Waals surface area (Å²) in [6, 6.07) is 3.76. The van der Waals surface area contributed by atoms with E-state index in [9.17, 15) is 32.0 Å². The monoisotopic (exact) mass is 750 g/mol. The zero-order chi connectivity index (χ0) is 37.7. The summed E-state index contributed by atoms with van der Waals surface area (Å²) in [5.41, 5.74) is -0.0749. The smallest absolute Gasteiger partial charge is 0.272 e. The van der Waals surface area contributed by atoms with Crippen LogP contribution in [0, 0.1) is 25.6 Å². The first-order chi connectivity index (χ1) is 25.2. The van der Waals surface area contributed by atoms with Gasteiger partial charge in [0.2, 0.25) is 27.7 Å². The number of carbonyl (C=O) groups excluding carboxylic acids is 4. The largest absolute Gasteiger partial charge is 0.471 e. The Labute approximate surface area is 306 Å². The maximum absolute atomic E-state index is 14.7. The first kappa shape index (κ1) is 36.4. The lowest BCUT2D eigenvalue weighted by molar-refractivity contribution is -0.141. The van der Waals surface area contributed by atoms with Crippen molar-refractivity contribution in [3.8, 4) is 5.88 Å². The Morgan fingerprint density at radius 3 is 2.64 bits per heavy atom. The van der Waals surface area contributed by atoms with Crippen LogP contribution in [0.25, 0.3) is 11.0 Å². The molecule has 1 saturated heterocycles. The molecule has 4 aliphatic rings. The number of ether oxygens (including phenoxy) is 1. The Hall–Kier alpha value is -4.93. The fourth-order valence-corrected chi connectivity index (χ4v) is 8.41. The number of halogens is 1. The number of aromatic amines is 1. The van der Waals surface area contributed by atoms with Crippen molar-refractivity contribution in [2.75, 3.05) is 6.54 Å². The van der Waals surface area contributed by atoms with Gasteiger partial charge in [-0.2, -0.15) is 5.10 Å². The number of H-pyrrole nitrogens is 1. The fraction of sp³-hybridized carbons (Fsp3) is 0.528. The molecule has 53 heavy (non-hydrogen) atoms. The van der Waals surface area contributed by atoms with Gasteiger partial charge in [-0.3, -0.25) is 29.0 Å². The lowest BCUT2D eigenvalue weighted by Crippen LogP contribution is -2.58. The Morgan fingerprint density at radius 1 is 1.11 bits per heavy atom. The molecule has 2 aliphatic carbocycles. The Bertz CT molecular complexity index is 2120. The highest BCUT2D eigenvalue weighted by Gasteiger charge is 2.63. The van der Waals surface area contributed by atoms with Crippen LogP contribution in [0.3, 0.4) is 0 Å². The number of rotatable bonds is 7. The van der Waals surface area contributed by atoms with Gasteiger partial charge in [-0.05, 0) is 77.5 Å². The van der Waals surface area contributed by atoms with Gasteiger partial charge in [-0.1, -0.05) is 31.1 Å². The van der Waals surface area contributed by atoms with Crippen LogP contribution < -0.4 is 20.1 Å². The first-order valence-electron chi connectivity index (χ1n) is 18.0. The zero-order valence-corrected chi connectivity index (χ0v) is 30.6. The Balaban J connectivity index is 1.20. The second-order valence-corrected chi connectivity index (χ2v) is 17.1. The van der Waals surface area contributed by atoms with E-state index in [0.29, 0.717) is 42.6 Å². The van der Waals surface area contributed by atoms with E-state index in [1.54, 1.807) is 32.9 Å². The summed E-state index contributed by atoms with van der Waals surface area (Å²) in [7, 11) is -4.01. The van der Waals surface area contributed by atoms with Gasteiger partial charge in [0.25, 0.3) is 11.8 Å². The zero-order valence-electron chi connectivity index (χ0n) is 29.8. The molecule has 4 N–H and O–H groups in total. The molecule has 3 fully saturated rings. The second kappa shape index (κ2) is 13.8. The van der Waals surface area contributed by atoms with E-state index >= 15 is 0 Å². The average molecular weight is 751 g/mol. The third-order valence-corrected chi connectivity index (χ3v) is 12.9. The summed E-state index contributed by atoms with van der Waals surface area (Å²) < 4.78 is 48.3. The average Bonchev–Trinajstić information content (AvgIpc) is 3.91. The predicted octanol–water partition coefficient (Wildman–Crippen LogP) is 2.65. The number of hydrogen-bond donors (Lipinski definition) is 4. The van der Waals surface area contributed by atoms with Gasteiger partial charge in [-0.25, -0.2) is 22.8 Å². The molecule has 282 valence electrons. The standard InChI is InChI=1S/C36H43FN8O7S/c1-20-16-27(43-42-20)30(46)39-26-12-8-6-4-5-7-10-22-18-36(22,34(49)44-53(50,51)35(3)14-15-35)41-31(47)28-17-23(19-45(28)33(26)48)52-32-21(2)38-25-13-9-11-24(37)29(25)40-32/h7,9-11,13,16,22-23,26,28H,4-6,8,12,14-15,17-19H2,1-3H3,(H,39,46)(H,41,47)(H,42,43)(H,44,49)/b10-7-/t22-,23-,26+,28+,36-/m1/s1. The number of nitrogens with zero attached hydrogens (tertiary/aromatic N) is 4. The van der Waals surface area contributed by atoms with E-state index in [1.807, 2.05) is 12.2 Å². The van der Waals surface area contributed by atoms with Crippen molar-refractivity contribution in [2.45, 2.75) is 107 Å². The van der Waals surface area contributed by atoms with Crippen LogP contribution in [-0.4, -0.2) is 92.1 Å². The van der Waals surface area contributed by atoms with Crippen molar-refractivity contribution in [2.24, 2.45) is 5.92 Å². The minimum Gasteiger partial charge on any atom is -0.471 e. The topological polar surface area (TPSA) is 205 Å². The van der Waals surface area contributed by atoms with E-state index in [4.69, 9.17) is 4.74 Å².